The quantitative estimate of drug-likeness (QED) is 0.0756. The van der Waals surface area contributed by atoms with Crippen molar-refractivity contribution in [3.8, 4) is 45.3 Å². The van der Waals surface area contributed by atoms with Crippen LogP contribution in [0.5, 0.6) is 23.0 Å². The number of rotatable bonds is 16. The standard InChI is InChI=1S/C30H35FO4.C18H20ClFO.C12H16O3/c1-7-34-29(32)16-20(2)22-9-11-23(12-10-22)35-19-21-8-14-27(30(3,4)5)25(17-21)26-18-24(33-6)13-15-28(26)31;1-18(2,3)16-7-5-12(11-19)9-14(16)15-10-13(21-4)6-8-17(15)20;1-3-15-12(14)8-9(2)10-4-6-11(13)7-5-10/h8-15,17-18,20H,7,16,19H2,1-6H3;5-10H,11H2,1-4H3;4-7,9,13H,3,8H2,1-2H3/t20-;;9-/m0.0/s1. The number of methoxy groups -OCH3 is 2. The molecule has 11 heteroatoms. The second kappa shape index (κ2) is 26.7. The molecule has 0 fully saturated rings. The molecule has 71 heavy (non-hydrogen) atoms. The van der Waals surface area contributed by atoms with Crippen molar-refractivity contribution in [1.82, 2.24) is 0 Å². The molecular formula is C60H71ClF2O8. The number of phenolic OH excluding ortho intramolecular Hbond substituents is 1. The molecule has 0 radical (unpaired) electrons. The summed E-state index contributed by atoms with van der Waals surface area (Å²) in [6.45, 7) is 21.4. The van der Waals surface area contributed by atoms with Crippen LogP contribution < -0.4 is 14.2 Å². The molecule has 0 aliphatic carbocycles. The zero-order valence-corrected chi connectivity index (χ0v) is 44.1. The van der Waals surface area contributed by atoms with Gasteiger partial charge >= 0.3 is 11.9 Å². The molecule has 0 heterocycles. The van der Waals surface area contributed by atoms with Gasteiger partial charge in [-0.25, -0.2) is 8.78 Å². The lowest BCUT2D eigenvalue weighted by atomic mass is 9.81. The van der Waals surface area contributed by atoms with Crippen LogP contribution in [0, 0.1) is 11.6 Å². The maximum Gasteiger partial charge on any atom is 0.306 e. The summed E-state index contributed by atoms with van der Waals surface area (Å²) in [5.74, 6) is 1.88. The summed E-state index contributed by atoms with van der Waals surface area (Å²) in [4.78, 5) is 23.0. The topological polar surface area (TPSA) is 101 Å². The van der Waals surface area contributed by atoms with Gasteiger partial charge in [0.25, 0.3) is 0 Å². The Bertz CT molecular complexity index is 2650. The molecule has 8 nitrogen and oxygen atoms in total. The minimum absolute atomic E-state index is 0.0633. The second-order valence-corrected chi connectivity index (χ2v) is 19.6. The second-order valence-electron chi connectivity index (χ2n) is 19.4. The summed E-state index contributed by atoms with van der Waals surface area (Å²) < 4.78 is 55.7. The highest BCUT2D eigenvalue weighted by Gasteiger charge is 2.23. The van der Waals surface area contributed by atoms with E-state index in [2.05, 4.69) is 41.5 Å². The van der Waals surface area contributed by atoms with Gasteiger partial charge < -0.3 is 28.8 Å². The summed E-state index contributed by atoms with van der Waals surface area (Å²) in [5, 5.41) is 9.11. The van der Waals surface area contributed by atoms with Crippen molar-refractivity contribution in [3.63, 3.8) is 0 Å². The third-order valence-electron chi connectivity index (χ3n) is 11.7. The molecule has 0 aliphatic rings. The summed E-state index contributed by atoms with van der Waals surface area (Å²) in [5.41, 5.74) is 8.64. The lowest BCUT2D eigenvalue weighted by molar-refractivity contribution is -0.144. The zero-order chi connectivity index (χ0) is 52.5. The molecule has 0 spiro atoms. The molecule has 0 aromatic heterocycles. The van der Waals surface area contributed by atoms with Crippen LogP contribution in [0.2, 0.25) is 0 Å². The number of esters is 2. The molecule has 6 aromatic rings. The number of carbonyl (C=O) groups is 2. The molecule has 0 aliphatic heterocycles. The van der Waals surface area contributed by atoms with Crippen LogP contribution in [0.1, 0.15) is 127 Å². The number of halogens is 3. The molecule has 2 atom stereocenters. The van der Waals surface area contributed by atoms with Crippen molar-refractivity contribution in [2.45, 2.75) is 117 Å². The highest BCUT2D eigenvalue weighted by atomic mass is 35.5. The van der Waals surface area contributed by atoms with Gasteiger partial charge in [-0.3, -0.25) is 9.59 Å². The molecule has 0 amide bonds. The van der Waals surface area contributed by atoms with Gasteiger partial charge in [0.2, 0.25) is 0 Å². The molecule has 0 bridgehead atoms. The Morgan fingerprint density at radius 1 is 0.549 bits per heavy atom. The van der Waals surface area contributed by atoms with Gasteiger partial charge in [-0.05, 0) is 154 Å². The van der Waals surface area contributed by atoms with Gasteiger partial charge in [-0.1, -0.05) is 104 Å². The van der Waals surface area contributed by atoms with Gasteiger partial charge in [0.1, 0.15) is 41.2 Å². The molecular weight excluding hydrogens is 922 g/mol. The maximum absolute atomic E-state index is 14.9. The third kappa shape index (κ3) is 17.2. The number of benzene rings is 6. The van der Waals surface area contributed by atoms with Crippen LogP contribution in [0.15, 0.2) is 121 Å². The van der Waals surface area contributed by atoms with Gasteiger partial charge in [-0.15, -0.1) is 11.6 Å². The lowest BCUT2D eigenvalue weighted by Crippen LogP contribution is -2.13. The van der Waals surface area contributed by atoms with Crippen molar-refractivity contribution in [2.24, 2.45) is 0 Å². The first-order chi connectivity index (χ1) is 33.6. The van der Waals surface area contributed by atoms with Crippen LogP contribution >= 0.6 is 11.6 Å². The molecule has 6 rings (SSSR count). The largest absolute Gasteiger partial charge is 0.508 e. The molecule has 0 saturated carbocycles. The zero-order valence-electron chi connectivity index (χ0n) is 43.4. The predicted octanol–water partition coefficient (Wildman–Crippen LogP) is 15.4. The van der Waals surface area contributed by atoms with Crippen molar-refractivity contribution >= 4 is 23.5 Å². The Kier molecular flexibility index (Phi) is 21.5. The van der Waals surface area contributed by atoms with Crippen LogP contribution in [-0.4, -0.2) is 44.5 Å². The highest BCUT2D eigenvalue weighted by Crippen LogP contribution is 2.39. The number of hydrogen-bond acceptors (Lipinski definition) is 8. The normalized spacial score (nSPS) is 12.0. The van der Waals surface area contributed by atoms with Gasteiger partial charge in [-0.2, -0.15) is 0 Å². The molecule has 0 saturated heterocycles. The Hall–Kier alpha value is -6.39. The first kappa shape index (κ1) is 57.2. The van der Waals surface area contributed by atoms with Gasteiger partial charge in [0.15, 0.2) is 0 Å². The Balaban J connectivity index is 0.000000257. The first-order valence-electron chi connectivity index (χ1n) is 24.0. The van der Waals surface area contributed by atoms with E-state index in [1.165, 1.54) is 12.1 Å². The monoisotopic (exact) mass is 992 g/mol. The van der Waals surface area contributed by atoms with Crippen molar-refractivity contribution < 1.29 is 47.2 Å². The van der Waals surface area contributed by atoms with E-state index in [-0.39, 0.29) is 52.0 Å². The van der Waals surface area contributed by atoms with Crippen molar-refractivity contribution in [2.75, 3.05) is 27.4 Å². The van der Waals surface area contributed by atoms with E-state index in [4.69, 9.17) is 40.4 Å². The van der Waals surface area contributed by atoms with Crippen LogP contribution in [0.3, 0.4) is 0 Å². The Labute approximate surface area is 425 Å². The fourth-order valence-corrected chi connectivity index (χ4v) is 7.99. The highest BCUT2D eigenvalue weighted by molar-refractivity contribution is 6.17. The predicted molar refractivity (Wildman–Crippen MR) is 282 cm³/mol. The van der Waals surface area contributed by atoms with Gasteiger partial charge in [0, 0.05) is 17.0 Å². The summed E-state index contributed by atoms with van der Waals surface area (Å²) in [6, 6.07) is 36.3. The van der Waals surface area contributed by atoms with E-state index < -0.39 is 0 Å². The fourth-order valence-electron chi connectivity index (χ4n) is 7.82. The van der Waals surface area contributed by atoms with E-state index in [9.17, 15) is 18.4 Å². The lowest BCUT2D eigenvalue weighted by Gasteiger charge is -2.24. The number of alkyl halides is 1. The van der Waals surface area contributed by atoms with E-state index in [1.807, 2.05) is 93.6 Å². The van der Waals surface area contributed by atoms with E-state index >= 15 is 0 Å². The average molecular weight is 994 g/mol. The Morgan fingerprint density at radius 2 is 0.944 bits per heavy atom. The Morgan fingerprint density at radius 3 is 1.34 bits per heavy atom. The fraction of sp³-hybridized carbons (Fsp3) is 0.367. The summed E-state index contributed by atoms with van der Waals surface area (Å²) in [6.07, 6.45) is 0.719. The number of hydrogen-bond donors (Lipinski definition) is 1. The van der Waals surface area contributed by atoms with E-state index in [0.29, 0.717) is 61.2 Å². The molecule has 6 aromatic carbocycles. The summed E-state index contributed by atoms with van der Waals surface area (Å²) >= 11 is 5.93. The van der Waals surface area contributed by atoms with Crippen molar-refractivity contribution in [1.29, 1.82) is 0 Å². The number of phenols is 1. The smallest absolute Gasteiger partial charge is 0.306 e. The molecule has 0 unspecified atom stereocenters. The number of ether oxygens (including phenoxy) is 5. The van der Waals surface area contributed by atoms with Crippen LogP contribution in [-0.2, 0) is 42.4 Å². The number of carbonyl (C=O) groups excluding carboxylic acids is 2. The van der Waals surface area contributed by atoms with E-state index in [1.54, 1.807) is 57.5 Å². The molecule has 380 valence electrons. The summed E-state index contributed by atoms with van der Waals surface area (Å²) in [7, 11) is 3.16. The maximum atomic E-state index is 14.9. The minimum Gasteiger partial charge on any atom is -0.508 e. The van der Waals surface area contributed by atoms with Crippen LogP contribution in [0.25, 0.3) is 22.3 Å². The van der Waals surface area contributed by atoms with Gasteiger partial charge in [0.05, 0.1) is 40.3 Å². The third-order valence-corrected chi connectivity index (χ3v) is 12.0. The van der Waals surface area contributed by atoms with Crippen molar-refractivity contribution in [3.05, 3.63) is 166 Å². The van der Waals surface area contributed by atoms with Crippen LogP contribution in [0.4, 0.5) is 8.78 Å². The molecule has 1 N–H and O–H groups in total. The average Bonchev–Trinajstić information content (AvgIpc) is 3.33. The first-order valence-corrected chi connectivity index (χ1v) is 24.5. The SMILES string of the molecule is CCOC(=O)C[C@H](C)c1ccc(O)cc1.CCOC(=O)C[C@H](C)c1ccc(OCc2ccc(C(C)(C)C)c(-c3cc(OC)ccc3F)c2)cc1.COc1ccc(F)c(-c2cc(CCl)ccc2C(C)(C)C)c1. The van der Waals surface area contributed by atoms with E-state index in [0.717, 1.165) is 50.3 Å². The minimum atomic E-state index is -0.290. The number of aromatic hydroxyl groups is 1.